The summed E-state index contributed by atoms with van der Waals surface area (Å²) in [6, 6.07) is 13.1. The Labute approximate surface area is 167 Å². The smallest absolute Gasteiger partial charge is 0.265 e. The molecular weight excluding hydrogens is 368 g/mol. The second-order valence-corrected chi connectivity index (χ2v) is 6.51. The lowest BCUT2D eigenvalue weighted by Gasteiger charge is -2.06. The average molecular weight is 390 g/mol. The second-order valence-electron chi connectivity index (χ2n) is 6.51. The highest BCUT2D eigenvalue weighted by Crippen LogP contribution is 2.27. The molecule has 0 bridgehead atoms. The van der Waals surface area contributed by atoms with Crippen molar-refractivity contribution < 1.29 is 9.84 Å². The molecule has 0 fully saturated rings. The van der Waals surface area contributed by atoms with Crippen LogP contribution in [0, 0.1) is 0 Å². The summed E-state index contributed by atoms with van der Waals surface area (Å²) in [5, 5.41) is 23.5. The van der Waals surface area contributed by atoms with Crippen molar-refractivity contribution in [1.29, 1.82) is 0 Å². The third-order valence-electron chi connectivity index (χ3n) is 4.48. The molecular formula is C21H22N6O2. The Morgan fingerprint density at radius 3 is 2.86 bits per heavy atom. The van der Waals surface area contributed by atoms with E-state index in [1.165, 1.54) is 0 Å². The summed E-state index contributed by atoms with van der Waals surface area (Å²) in [6.07, 6.45) is 2.60. The average Bonchev–Trinajstić information content (AvgIpc) is 3.04. The molecule has 0 unspecified atom stereocenters. The van der Waals surface area contributed by atoms with Gasteiger partial charge in [-0.1, -0.05) is 25.1 Å². The summed E-state index contributed by atoms with van der Waals surface area (Å²) in [5.41, 5.74) is 6.26. The van der Waals surface area contributed by atoms with Gasteiger partial charge in [-0.25, -0.2) is 5.43 Å². The molecule has 0 radical (unpaired) electrons. The van der Waals surface area contributed by atoms with Crippen LogP contribution in [0.3, 0.4) is 0 Å². The van der Waals surface area contributed by atoms with Gasteiger partial charge in [0.15, 0.2) is 17.1 Å². The maximum Gasteiger partial charge on any atom is 0.265 e. The molecule has 0 spiro atoms. The van der Waals surface area contributed by atoms with E-state index in [0.717, 1.165) is 40.6 Å². The van der Waals surface area contributed by atoms with Crippen LogP contribution in [0.25, 0.3) is 22.1 Å². The number of benzene rings is 2. The molecule has 0 atom stereocenters. The molecule has 0 saturated carbocycles. The number of para-hydroxylation sites is 1. The fraction of sp³-hybridized carbons (Fsp3) is 0.238. The van der Waals surface area contributed by atoms with Crippen LogP contribution in [0.4, 0.5) is 5.95 Å². The quantitative estimate of drug-likeness (QED) is 0.366. The molecule has 0 saturated heterocycles. The lowest BCUT2D eigenvalue weighted by molar-refractivity contribution is 0.318. The topological polar surface area (TPSA) is 97.5 Å². The predicted molar refractivity (Wildman–Crippen MR) is 114 cm³/mol. The first-order chi connectivity index (χ1) is 14.2. The number of hydrogen-bond acceptors (Lipinski definition) is 7. The minimum Gasteiger partial charge on any atom is -0.504 e. The van der Waals surface area contributed by atoms with Crippen LogP contribution in [0.5, 0.6) is 11.5 Å². The van der Waals surface area contributed by atoms with Gasteiger partial charge in [-0.2, -0.15) is 10.1 Å². The molecule has 0 aliphatic carbocycles. The number of aryl methyl sites for hydroxylation is 1. The summed E-state index contributed by atoms with van der Waals surface area (Å²) < 4.78 is 7.54. The molecule has 0 aliphatic heterocycles. The summed E-state index contributed by atoms with van der Waals surface area (Å²) in [4.78, 5) is 4.62. The van der Waals surface area contributed by atoms with E-state index >= 15 is 0 Å². The highest BCUT2D eigenvalue weighted by Gasteiger charge is 2.13. The number of hydrogen-bond donors (Lipinski definition) is 2. The third-order valence-corrected chi connectivity index (χ3v) is 4.48. The number of aromatic nitrogens is 4. The van der Waals surface area contributed by atoms with Gasteiger partial charge in [-0.3, -0.25) is 0 Å². The van der Waals surface area contributed by atoms with E-state index < -0.39 is 0 Å². The number of phenolic OH excluding ortho intramolecular Hbond substituents is 1. The molecule has 148 valence electrons. The first kappa shape index (κ1) is 18.7. The number of phenols is 1. The van der Waals surface area contributed by atoms with Crippen molar-refractivity contribution in [2.75, 3.05) is 12.0 Å². The van der Waals surface area contributed by atoms with Crippen molar-refractivity contribution >= 4 is 34.2 Å². The number of nitrogens with zero attached hydrogens (tertiary/aromatic N) is 5. The molecule has 2 aromatic heterocycles. The van der Waals surface area contributed by atoms with Crippen molar-refractivity contribution in [3.8, 4) is 11.5 Å². The van der Waals surface area contributed by atoms with Crippen LogP contribution in [0.15, 0.2) is 47.6 Å². The van der Waals surface area contributed by atoms with E-state index in [2.05, 4.69) is 43.3 Å². The number of fused-ring (bicyclic) bond motifs is 3. The zero-order valence-electron chi connectivity index (χ0n) is 16.3. The van der Waals surface area contributed by atoms with Gasteiger partial charge in [0.25, 0.3) is 5.95 Å². The Bertz CT molecular complexity index is 1180. The molecule has 2 heterocycles. The van der Waals surface area contributed by atoms with E-state index in [-0.39, 0.29) is 5.75 Å². The van der Waals surface area contributed by atoms with Crippen molar-refractivity contribution in [3.63, 3.8) is 0 Å². The zero-order chi connectivity index (χ0) is 20.2. The number of hydrazone groups is 1. The van der Waals surface area contributed by atoms with E-state index in [9.17, 15) is 5.11 Å². The Kier molecular flexibility index (Phi) is 5.24. The van der Waals surface area contributed by atoms with Gasteiger partial charge in [-0.15, -0.1) is 10.2 Å². The number of rotatable bonds is 7. The van der Waals surface area contributed by atoms with Crippen LogP contribution >= 0.6 is 0 Å². The second kappa shape index (κ2) is 8.14. The third kappa shape index (κ3) is 3.69. The van der Waals surface area contributed by atoms with Gasteiger partial charge in [0.1, 0.15) is 5.52 Å². The van der Waals surface area contributed by atoms with Gasteiger partial charge < -0.3 is 14.4 Å². The monoisotopic (exact) mass is 390 g/mol. The number of ether oxygens (including phenoxy) is 1. The standard InChI is InChI=1S/C21H22N6O2/c1-3-11-27-16-8-6-5-7-15(16)19-20(27)23-21(26-24-19)25-22-13-14-9-10-17(28)18(12-14)29-4-2/h5-10,12-13,28H,3-4,11H2,1-2H3,(H,23,25,26)/b22-13+. The zero-order valence-corrected chi connectivity index (χ0v) is 16.3. The van der Waals surface area contributed by atoms with E-state index in [1.807, 2.05) is 25.1 Å². The van der Waals surface area contributed by atoms with Crippen LogP contribution in [0.1, 0.15) is 25.8 Å². The molecule has 2 aromatic carbocycles. The molecule has 0 aliphatic rings. The largest absolute Gasteiger partial charge is 0.504 e. The van der Waals surface area contributed by atoms with Crippen molar-refractivity contribution in [3.05, 3.63) is 48.0 Å². The number of nitrogens with one attached hydrogen (secondary N) is 1. The Morgan fingerprint density at radius 1 is 1.17 bits per heavy atom. The molecule has 29 heavy (non-hydrogen) atoms. The van der Waals surface area contributed by atoms with Crippen molar-refractivity contribution in [2.45, 2.75) is 26.8 Å². The summed E-state index contributed by atoms with van der Waals surface area (Å²) >= 11 is 0. The Balaban J connectivity index is 1.62. The summed E-state index contributed by atoms with van der Waals surface area (Å²) in [5.74, 6) is 0.830. The van der Waals surface area contributed by atoms with Crippen LogP contribution < -0.4 is 10.2 Å². The minimum absolute atomic E-state index is 0.0960. The molecule has 8 heteroatoms. The number of anilines is 1. The van der Waals surface area contributed by atoms with E-state index in [0.29, 0.717) is 18.3 Å². The predicted octanol–water partition coefficient (Wildman–Crippen LogP) is 3.94. The van der Waals surface area contributed by atoms with Crippen molar-refractivity contribution in [1.82, 2.24) is 19.7 Å². The normalized spacial score (nSPS) is 11.5. The lowest BCUT2D eigenvalue weighted by Crippen LogP contribution is -2.03. The van der Waals surface area contributed by atoms with Gasteiger partial charge in [0.2, 0.25) is 0 Å². The Hall–Kier alpha value is -3.68. The Morgan fingerprint density at radius 2 is 2.03 bits per heavy atom. The molecule has 4 aromatic rings. The maximum atomic E-state index is 9.78. The van der Waals surface area contributed by atoms with Crippen LogP contribution in [0.2, 0.25) is 0 Å². The SMILES string of the molecule is CCCn1c2ccccc2c2nnc(N/N=C/c3ccc(O)c(OCC)c3)nc21. The lowest BCUT2D eigenvalue weighted by atomic mass is 10.2. The van der Waals surface area contributed by atoms with Crippen molar-refractivity contribution in [2.24, 2.45) is 5.10 Å². The van der Waals surface area contributed by atoms with Gasteiger partial charge in [-0.05, 0) is 43.2 Å². The molecule has 8 nitrogen and oxygen atoms in total. The number of aromatic hydroxyl groups is 1. The van der Waals surface area contributed by atoms with E-state index in [1.54, 1.807) is 24.4 Å². The van der Waals surface area contributed by atoms with Crippen LogP contribution in [-0.4, -0.2) is 37.7 Å². The fourth-order valence-corrected chi connectivity index (χ4v) is 3.25. The highest BCUT2D eigenvalue weighted by molar-refractivity contribution is 6.04. The first-order valence-electron chi connectivity index (χ1n) is 9.57. The van der Waals surface area contributed by atoms with Crippen LogP contribution in [-0.2, 0) is 6.54 Å². The maximum absolute atomic E-state index is 9.78. The van der Waals surface area contributed by atoms with Gasteiger partial charge in [0.05, 0.1) is 18.3 Å². The van der Waals surface area contributed by atoms with Gasteiger partial charge in [0, 0.05) is 11.9 Å². The first-order valence-corrected chi connectivity index (χ1v) is 9.57. The van der Waals surface area contributed by atoms with E-state index in [4.69, 9.17) is 4.74 Å². The molecule has 0 amide bonds. The summed E-state index contributed by atoms with van der Waals surface area (Å²) in [7, 11) is 0. The molecule has 4 rings (SSSR count). The van der Waals surface area contributed by atoms with Gasteiger partial charge >= 0.3 is 0 Å². The fourth-order valence-electron chi connectivity index (χ4n) is 3.25. The minimum atomic E-state index is 0.0960. The molecule has 2 N–H and O–H groups in total. The summed E-state index contributed by atoms with van der Waals surface area (Å²) in [6.45, 7) is 5.31. The highest BCUT2D eigenvalue weighted by atomic mass is 16.5.